The lowest BCUT2D eigenvalue weighted by Gasteiger charge is -2.35. The SMILES string of the molecule is CC(C)(C)OC(=O)N1CC12COC(C)(C)OC2. The predicted molar refractivity (Wildman–Crippen MR) is 61.7 cm³/mol. The summed E-state index contributed by atoms with van der Waals surface area (Å²) in [6, 6.07) is 0. The molecular formula is C12H21NO4. The maximum Gasteiger partial charge on any atom is 0.411 e. The molecule has 0 aromatic rings. The molecule has 2 aliphatic heterocycles. The first-order chi connectivity index (χ1) is 7.64. The van der Waals surface area contributed by atoms with Gasteiger partial charge in [-0.1, -0.05) is 0 Å². The predicted octanol–water partition coefficient (Wildman–Crippen LogP) is 1.76. The number of nitrogens with zero attached hydrogens (tertiary/aromatic N) is 1. The Kier molecular flexibility index (Phi) is 2.67. The molecule has 0 atom stereocenters. The van der Waals surface area contributed by atoms with Gasteiger partial charge in [-0.25, -0.2) is 4.79 Å². The standard InChI is InChI=1S/C12H21NO4/c1-10(2,3)17-9(14)13-6-12(13)7-15-11(4,5)16-8-12/h6-8H2,1-5H3. The number of carbonyl (C=O) groups excluding carboxylic acids is 1. The summed E-state index contributed by atoms with van der Waals surface area (Å²) in [5, 5.41) is 0. The molecule has 0 aromatic heterocycles. The molecule has 1 spiro atoms. The van der Waals surface area contributed by atoms with Crippen molar-refractivity contribution in [3.05, 3.63) is 0 Å². The molecule has 0 unspecified atom stereocenters. The van der Waals surface area contributed by atoms with E-state index in [1.165, 1.54) is 0 Å². The molecule has 5 nitrogen and oxygen atoms in total. The fraction of sp³-hybridized carbons (Fsp3) is 0.917. The lowest BCUT2D eigenvalue weighted by atomic mass is 10.1. The van der Waals surface area contributed by atoms with Crippen LogP contribution in [0, 0.1) is 0 Å². The monoisotopic (exact) mass is 243 g/mol. The van der Waals surface area contributed by atoms with Crippen molar-refractivity contribution in [2.75, 3.05) is 19.8 Å². The minimum absolute atomic E-state index is 0.288. The normalized spacial score (nSPS) is 25.8. The maximum atomic E-state index is 11.8. The first-order valence-corrected chi connectivity index (χ1v) is 5.92. The Morgan fingerprint density at radius 2 is 1.76 bits per heavy atom. The highest BCUT2D eigenvalue weighted by Gasteiger charge is 2.60. The molecule has 98 valence electrons. The fourth-order valence-electron chi connectivity index (χ4n) is 1.78. The van der Waals surface area contributed by atoms with E-state index in [0.29, 0.717) is 19.8 Å². The molecule has 0 N–H and O–H groups in total. The van der Waals surface area contributed by atoms with Gasteiger partial charge in [0.2, 0.25) is 0 Å². The quantitative estimate of drug-likeness (QED) is 0.608. The van der Waals surface area contributed by atoms with Gasteiger partial charge in [-0.2, -0.15) is 0 Å². The van der Waals surface area contributed by atoms with Crippen molar-refractivity contribution in [3.63, 3.8) is 0 Å². The van der Waals surface area contributed by atoms with E-state index < -0.39 is 11.4 Å². The molecule has 17 heavy (non-hydrogen) atoms. The lowest BCUT2D eigenvalue weighted by Crippen LogP contribution is -2.47. The third-order valence-corrected chi connectivity index (χ3v) is 2.91. The van der Waals surface area contributed by atoms with Gasteiger partial charge in [-0.05, 0) is 34.6 Å². The molecule has 5 heteroatoms. The third kappa shape index (κ3) is 2.72. The van der Waals surface area contributed by atoms with Crippen LogP contribution in [0.15, 0.2) is 0 Å². The fourth-order valence-corrected chi connectivity index (χ4v) is 1.78. The van der Waals surface area contributed by atoms with E-state index in [0.717, 1.165) is 0 Å². The summed E-state index contributed by atoms with van der Waals surface area (Å²) in [7, 11) is 0. The average molecular weight is 243 g/mol. The Morgan fingerprint density at radius 3 is 2.24 bits per heavy atom. The first kappa shape index (κ1) is 12.6. The van der Waals surface area contributed by atoms with E-state index in [1.807, 2.05) is 34.6 Å². The highest BCUT2D eigenvalue weighted by molar-refractivity contribution is 5.73. The smallest absolute Gasteiger partial charge is 0.411 e. The van der Waals surface area contributed by atoms with Crippen molar-refractivity contribution in [3.8, 4) is 0 Å². The molecule has 2 fully saturated rings. The van der Waals surface area contributed by atoms with Crippen LogP contribution in [0.5, 0.6) is 0 Å². The topological polar surface area (TPSA) is 47.8 Å². The number of carbonyl (C=O) groups is 1. The van der Waals surface area contributed by atoms with Crippen LogP contribution in [0.25, 0.3) is 0 Å². The maximum absolute atomic E-state index is 11.8. The Balaban J connectivity index is 1.90. The summed E-state index contributed by atoms with van der Waals surface area (Å²) >= 11 is 0. The van der Waals surface area contributed by atoms with Crippen LogP contribution in [-0.2, 0) is 14.2 Å². The second-order valence-corrected chi connectivity index (χ2v) is 6.27. The Morgan fingerprint density at radius 1 is 1.24 bits per heavy atom. The highest BCUT2D eigenvalue weighted by Crippen LogP contribution is 2.39. The third-order valence-electron chi connectivity index (χ3n) is 2.91. The van der Waals surface area contributed by atoms with Gasteiger partial charge in [-0.3, -0.25) is 4.90 Å². The molecule has 2 rings (SSSR count). The Hall–Kier alpha value is -0.810. The summed E-state index contributed by atoms with van der Waals surface area (Å²) in [6.45, 7) is 11.0. The molecule has 2 aliphatic rings. The molecule has 0 aliphatic carbocycles. The van der Waals surface area contributed by atoms with Gasteiger partial charge in [0, 0.05) is 0 Å². The Bertz CT molecular complexity index is 322. The van der Waals surface area contributed by atoms with Crippen LogP contribution in [-0.4, -0.2) is 47.7 Å². The zero-order valence-corrected chi connectivity index (χ0v) is 11.2. The number of hydrogen-bond donors (Lipinski definition) is 0. The molecule has 2 saturated heterocycles. The van der Waals surface area contributed by atoms with E-state index in [-0.39, 0.29) is 11.6 Å². The van der Waals surface area contributed by atoms with Crippen molar-refractivity contribution in [2.45, 2.75) is 51.5 Å². The molecule has 0 aromatic carbocycles. The summed E-state index contributed by atoms with van der Waals surface area (Å²) in [6.07, 6.45) is -0.288. The van der Waals surface area contributed by atoms with Crippen molar-refractivity contribution < 1.29 is 19.0 Å². The first-order valence-electron chi connectivity index (χ1n) is 5.92. The zero-order chi connectivity index (χ0) is 12.9. The van der Waals surface area contributed by atoms with Gasteiger partial charge < -0.3 is 14.2 Å². The molecule has 0 saturated carbocycles. The summed E-state index contributed by atoms with van der Waals surface area (Å²) in [5.74, 6) is -0.548. The largest absolute Gasteiger partial charge is 0.444 e. The van der Waals surface area contributed by atoms with Crippen molar-refractivity contribution in [1.29, 1.82) is 0 Å². The average Bonchev–Trinajstić information content (AvgIpc) is 2.84. The lowest BCUT2D eigenvalue weighted by molar-refractivity contribution is -0.258. The molecular weight excluding hydrogens is 222 g/mol. The van der Waals surface area contributed by atoms with Gasteiger partial charge in [0.1, 0.15) is 11.1 Å². The van der Waals surface area contributed by atoms with Crippen LogP contribution >= 0.6 is 0 Å². The van der Waals surface area contributed by atoms with E-state index in [4.69, 9.17) is 14.2 Å². The summed E-state index contributed by atoms with van der Waals surface area (Å²) in [4.78, 5) is 13.5. The number of amides is 1. The van der Waals surface area contributed by atoms with E-state index in [1.54, 1.807) is 4.90 Å². The van der Waals surface area contributed by atoms with Gasteiger partial charge in [0.05, 0.1) is 19.8 Å². The van der Waals surface area contributed by atoms with Crippen LogP contribution in [0.2, 0.25) is 0 Å². The van der Waals surface area contributed by atoms with Crippen molar-refractivity contribution >= 4 is 6.09 Å². The van der Waals surface area contributed by atoms with E-state index in [2.05, 4.69) is 0 Å². The van der Waals surface area contributed by atoms with E-state index >= 15 is 0 Å². The molecule has 0 radical (unpaired) electrons. The summed E-state index contributed by atoms with van der Waals surface area (Å²) < 4.78 is 16.5. The van der Waals surface area contributed by atoms with Gasteiger partial charge >= 0.3 is 6.09 Å². The van der Waals surface area contributed by atoms with Crippen molar-refractivity contribution in [2.24, 2.45) is 0 Å². The van der Waals surface area contributed by atoms with Gasteiger partial charge in [0.25, 0.3) is 0 Å². The molecule has 2 heterocycles. The van der Waals surface area contributed by atoms with Crippen LogP contribution in [0.4, 0.5) is 4.79 Å². The Labute approximate surface area is 102 Å². The minimum Gasteiger partial charge on any atom is -0.444 e. The number of rotatable bonds is 0. The second-order valence-electron chi connectivity index (χ2n) is 6.27. The number of hydrogen-bond acceptors (Lipinski definition) is 4. The van der Waals surface area contributed by atoms with Gasteiger partial charge in [-0.15, -0.1) is 0 Å². The molecule has 0 bridgehead atoms. The number of ether oxygens (including phenoxy) is 3. The van der Waals surface area contributed by atoms with Crippen LogP contribution < -0.4 is 0 Å². The van der Waals surface area contributed by atoms with Crippen LogP contribution in [0.1, 0.15) is 34.6 Å². The summed E-state index contributed by atoms with van der Waals surface area (Å²) in [5.41, 5.74) is -0.756. The second kappa shape index (κ2) is 3.59. The molecule has 1 amide bonds. The minimum atomic E-state index is -0.548. The van der Waals surface area contributed by atoms with Gasteiger partial charge in [0.15, 0.2) is 5.79 Å². The zero-order valence-electron chi connectivity index (χ0n) is 11.2. The van der Waals surface area contributed by atoms with E-state index in [9.17, 15) is 4.79 Å². The van der Waals surface area contributed by atoms with Crippen molar-refractivity contribution in [1.82, 2.24) is 4.90 Å². The van der Waals surface area contributed by atoms with Crippen LogP contribution in [0.3, 0.4) is 0 Å². The highest BCUT2D eigenvalue weighted by atomic mass is 16.7.